The molecule has 0 unspecified atom stereocenters. The van der Waals surface area contributed by atoms with Gasteiger partial charge < -0.3 is 9.64 Å². The summed E-state index contributed by atoms with van der Waals surface area (Å²) in [6.07, 6.45) is 0. The predicted octanol–water partition coefficient (Wildman–Crippen LogP) is 2.99. The summed E-state index contributed by atoms with van der Waals surface area (Å²) in [4.78, 5) is 14.0. The first-order valence-electron chi connectivity index (χ1n) is 6.84. The molecule has 0 amide bonds. The fraction of sp³-hybridized carbons (Fsp3) is 0.500. The molecule has 0 saturated carbocycles. The van der Waals surface area contributed by atoms with E-state index in [-0.39, 0.29) is 12.0 Å². The molecule has 8 heteroatoms. The number of carbonyl (C=O) groups is 1. The van der Waals surface area contributed by atoms with E-state index in [1.807, 2.05) is 40.4 Å². The molecular formula is C14H20N4O2S2. The van der Waals surface area contributed by atoms with Crippen molar-refractivity contribution < 1.29 is 9.53 Å². The molecule has 0 radical (unpaired) electrons. The number of esters is 1. The first-order chi connectivity index (χ1) is 10.5. The monoisotopic (exact) mass is 340 g/mol. The molecular weight excluding hydrogens is 320 g/mol. The van der Waals surface area contributed by atoms with Crippen LogP contribution in [-0.2, 0) is 9.53 Å². The van der Waals surface area contributed by atoms with Crippen molar-refractivity contribution in [3.63, 3.8) is 0 Å². The molecule has 0 N–H and O–H groups in total. The average molecular weight is 340 g/mol. The standard InChI is InChI=1S/C14H20N4O2S2/c1-9(2)18-13(17(3)4)15-16-14(18)22-11(12(19)20-5)10-6-7-21-8-10/h6-9,11H,1-5H3/t11-/m1/s1. The van der Waals surface area contributed by atoms with E-state index < -0.39 is 5.25 Å². The van der Waals surface area contributed by atoms with Crippen LogP contribution in [0.15, 0.2) is 22.0 Å². The number of nitrogens with zero attached hydrogens (tertiary/aromatic N) is 4. The SMILES string of the molecule is COC(=O)[C@H](Sc1nnc(N(C)C)n1C(C)C)c1ccsc1. The largest absolute Gasteiger partial charge is 0.468 e. The summed E-state index contributed by atoms with van der Waals surface area (Å²) in [7, 11) is 5.25. The average Bonchev–Trinajstić information content (AvgIpc) is 3.12. The van der Waals surface area contributed by atoms with Gasteiger partial charge in [-0.1, -0.05) is 11.8 Å². The number of carbonyl (C=O) groups excluding carboxylic acids is 1. The van der Waals surface area contributed by atoms with Crippen molar-refractivity contribution in [2.24, 2.45) is 0 Å². The van der Waals surface area contributed by atoms with Gasteiger partial charge in [-0.25, -0.2) is 0 Å². The molecule has 2 rings (SSSR count). The van der Waals surface area contributed by atoms with Crippen molar-refractivity contribution in [3.05, 3.63) is 22.4 Å². The van der Waals surface area contributed by atoms with E-state index in [0.717, 1.165) is 11.5 Å². The van der Waals surface area contributed by atoms with Crippen LogP contribution in [-0.4, -0.2) is 41.9 Å². The van der Waals surface area contributed by atoms with Crippen LogP contribution >= 0.6 is 23.1 Å². The van der Waals surface area contributed by atoms with Crippen molar-refractivity contribution in [3.8, 4) is 0 Å². The molecule has 0 aliphatic carbocycles. The van der Waals surface area contributed by atoms with Crippen LogP contribution in [0.3, 0.4) is 0 Å². The minimum atomic E-state index is -0.437. The lowest BCUT2D eigenvalue weighted by atomic mass is 10.2. The summed E-state index contributed by atoms with van der Waals surface area (Å²) in [6.45, 7) is 4.14. The van der Waals surface area contributed by atoms with E-state index >= 15 is 0 Å². The Hall–Kier alpha value is -1.54. The lowest BCUT2D eigenvalue weighted by Crippen LogP contribution is -2.18. The molecule has 0 aliphatic heterocycles. The molecule has 0 aromatic carbocycles. The maximum absolute atomic E-state index is 12.1. The van der Waals surface area contributed by atoms with Gasteiger partial charge in [-0.15, -0.1) is 10.2 Å². The minimum absolute atomic E-state index is 0.190. The van der Waals surface area contributed by atoms with Crippen LogP contribution in [0.4, 0.5) is 5.95 Å². The Morgan fingerprint density at radius 1 is 1.41 bits per heavy atom. The molecule has 120 valence electrons. The third-order valence-corrected chi connectivity index (χ3v) is 4.94. The highest BCUT2D eigenvalue weighted by atomic mass is 32.2. The Labute approximate surface area is 138 Å². The van der Waals surface area contributed by atoms with Gasteiger partial charge in [-0.2, -0.15) is 11.3 Å². The summed E-state index contributed by atoms with van der Waals surface area (Å²) in [5.41, 5.74) is 0.923. The topological polar surface area (TPSA) is 60.2 Å². The molecule has 22 heavy (non-hydrogen) atoms. The van der Waals surface area contributed by atoms with Gasteiger partial charge in [-0.3, -0.25) is 9.36 Å². The molecule has 0 fully saturated rings. The zero-order valence-electron chi connectivity index (χ0n) is 13.3. The zero-order valence-corrected chi connectivity index (χ0v) is 14.9. The van der Waals surface area contributed by atoms with Crippen molar-refractivity contribution >= 4 is 35.0 Å². The summed E-state index contributed by atoms with van der Waals surface area (Å²) in [6, 6.07) is 2.12. The number of hydrogen-bond acceptors (Lipinski definition) is 7. The summed E-state index contributed by atoms with van der Waals surface area (Å²) in [5, 5.41) is 12.7. The number of methoxy groups -OCH3 is 1. The normalized spacial score (nSPS) is 12.5. The second-order valence-electron chi connectivity index (χ2n) is 5.22. The Kier molecular flexibility index (Phi) is 5.47. The summed E-state index contributed by atoms with van der Waals surface area (Å²) < 4.78 is 6.96. The van der Waals surface area contributed by atoms with Gasteiger partial charge in [0.05, 0.1) is 7.11 Å². The highest BCUT2D eigenvalue weighted by Gasteiger charge is 2.27. The van der Waals surface area contributed by atoms with Crippen LogP contribution in [0.5, 0.6) is 0 Å². The van der Waals surface area contributed by atoms with E-state index in [2.05, 4.69) is 24.0 Å². The van der Waals surface area contributed by atoms with E-state index in [0.29, 0.717) is 5.16 Å². The summed E-state index contributed by atoms with van der Waals surface area (Å²) >= 11 is 2.92. The second-order valence-corrected chi connectivity index (χ2v) is 7.07. The molecule has 0 aliphatic rings. The maximum atomic E-state index is 12.1. The van der Waals surface area contributed by atoms with Gasteiger partial charge >= 0.3 is 5.97 Å². The molecule has 1 atom stereocenters. The number of ether oxygens (including phenoxy) is 1. The smallest absolute Gasteiger partial charge is 0.323 e. The Morgan fingerprint density at radius 3 is 2.64 bits per heavy atom. The first kappa shape index (κ1) is 16.8. The molecule has 6 nitrogen and oxygen atoms in total. The third kappa shape index (κ3) is 3.44. The molecule has 2 aromatic heterocycles. The van der Waals surface area contributed by atoms with Crippen LogP contribution < -0.4 is 4.90 Å². The number of rotatable bonds is 6. The molecule has 2 aromatic rings. The fourth-order valence-corrected chi connectivity index (χ4v) is 3.95. The van der Waals surface area contributed by atoms with Gasteiger partial charge in [0.25, 0.3) is 0 Å². The van der Waals surface area contributed by atoms with Crippen molar-refractivity contribution in [2.45, 2.75) is 30.3 Å². The van der Waals surface area contributed by atoms with Crippen molar-refractivity contribution in [1.82, 2.24) is 14.8 Å². The number of anilines is 1. The van der Waals surface area contributed by atoms with Gasteiger partial charge in [0.2, 0.25) is 5.95 Å². The van der Waals surface area contributed by atoms with Crippen LogP contribution in [0.2, 0.25) is 0 Å². The quantitative estimate of drug-likeness (QED) is 0.595. The highest BCUT2D eigenvalue weighted by molar-refractivity contribution is 8.00. The predicted molar refractivity (Wildman–Crippen MR) is 89.7 cm³/mol. The first-order valence-corrected chi connectivity index (χ1v) is 8.66. The Bertz CT molecular complexity index is 623. The molecule has 0 spiro atoms. The number of aromatic nitrogens is 3. The molecule has 0 bridgehead atoms. The van der Waals surface area contributed by atoms with Gasteiger partial charge in [0.15, 0.2) is 5.16 Å². The highest BCUT2D eigenvalue weighted by Crippen LogP contribution is 2.38. The van der Waals surface area contributed by atoms with E-state index in [4.69, 9.17) is 4.74 Å². The Morgan fingerprint density at radius 2 is 2.14 bits per heavy atom. The third-order valence-electron chi connectivity index (χ3n) is 3.05. The lowest BCUT2D eigenvalue weighted by Gasteiger charge is -2.19. The fourth-order valence-electron chi connectivity index (χ4n) is 2.00. The molecule has 2 heterocycles. The number of thiophene rings is 1. The second kappa shape index (κ2) is 7.15. The van der Waals surface area contributed by atoms with E-state index in [1.165, 1.54) is 18.9 Å². The number of thioether (sulfide) groups is 1. The number of hydrogen-bond donors (Lipinski definition) is 0. The summed E-state index contributed by atoms with van der Waals surface area (Å²) in [5.74, 6) is 0.486. The van der Waals surface area contributed by atoms with Crippen LogP contribution in [0.25, 0.3) is 0 Å². The van der Waals surface area contributed by atoms with Gasteiger partial charge in [0, 0.05) is 20.1 Å². The maximum Gasteiger partial charge on any atom is 0.323 e. The van der Waals surface area contributed by atoms with Gasteiger partial charge in [-0.05, 0) is 36.2 Å². The van der Waals surface area contributed by atoms with Crippen molar-refractivity contribution in [1.29, 1.82) is 0 Å². The van der Waals surface area contributed by atoms with E-state index in [1.54, 1.807) is 11.3 Å². The minimum Gasteiger partial charge on any atom is -0.468 e. The lowest BCUT2D eigenvalue weighted by molar-refractivity contribution is -0.140. The van der Waals surface area contributed by atoms with Crippen LogP contribution in [0, 0.1) is 0 Å². The van der Waals surface area contributed by atoms with Crippen molar-refractivity contribution in [2.75, 3.05) is 26.1 Å². The molecule has 0 saturated heterocycles. The van der Waals surface area contributed by atoms with Crippen LogP contribution in [0.1, 0.15) is 30.7 Å². The zero-order chi connectivity index (χ0) is 16.3. The van der Waals surface area contributed by atoms with Gasteiger partial charge in [0.1, 0.15) is 5.25 Å². The Balaban J connectivity index is 2.37. The van der Waals surface area contributed by atoms with E-state index in [9.17, 15) is 4.79 Å².